The van der Waals surface area contributed by atoms with Crippen LogP contribution < -0.4 is 0 Å². The molecule has 1 heterocycles. The van der Waals surface area contributed by atoms with Crippen LogP contribution in [0.25, 0.3) is 0 Å². The van der Waals surface area contributed by atoms with Crippen LogP contribution in [0.1, 0.15) is 46.1 Å². The SMILES string of the molecule is CC(C)(C)c1cc(CC(=O)C(C)(C)S(=O)(=O)c2ccc(F)cc2)on1. The largest absolute Gasteiger partial charge is 0.361 e. The Hall–Kier alpha value is -2.02. The lowest BCUT2D eigenvalue weighted by Gasteiger charge is -2.23. The van der Waals surface area contributed by atoms with Gasteiger partial charge >= 0.3 is 0 Å². The number of Topliss-reactive ketones (excluding diaryl/α,β-unsaturated/α-hetero) is 1. The van der Waals surface area contributed by atoms with Gasteiger partial charge in [-0.3, -0.25) is 4.79 Å². The van der Waals surface area contributed by atoms with Crippen LogP contribution in [0, 0.1) is 5.82 Å². The van der Waals surface area contributed by atoms with Gasteiger partial charge in [-0.25, -0.2) is 12.8 Å². The van der Waals surface area contributed by atoms with Crippen LogP contribution in [0.4, 0.5) is 4.39 Å². The lowest BCUT2D eigenvalue weighted by atomic mass is 9.92. The molecule has 0 amide bonds. The number of sulfone groups is 1. The summed E-state index contributed by atoms with van der Waals surface area (Å²) in [6.45, 7) is 8.56. The summed E-state index contributed by atoms with van der Waals surface area (Å²) in [4.78, 5) is 12.5. The summed E-state index contributed by atoms with van der Waals surface area (Å²) >= 11 is 0. The summed E-state index contributed by atoms with van der Waals surface area (Å²) in [5.74, 6) is -0.745. The van der Waals surface area contributed by atoms with Crippen molar-refractivity contribution in [2.45, 2.75) is 56.1 Å². The molecule has 0 saturated heterocycles. The Balaban J connectivity index is 2.27. The van der Waals surface area contributed by atoms with E-state index in [9.17, 15) is 17.6 Å². The molecule has 0 radical (unpaired) electrons. The first-order chi connectivity index (χ1) is 11.4. The average molecular weight is 367 g/mol. The van der Waals surface area contributed by atoms with Crippen molar-refractivity contribution < 1.29 is 22.1 Å². The van der Waals surface area contributed by atoms with Gasteiger partial charge in [-0.1, -0.05) is 25.9 Å². The van der Waals surface area contributed by atoms with E-state index in [4.69, 9.17) is 4.52 Å². The molecule has 0 aliphatic rings. The van der Waals surface area contributed by atoms with Gasteiger partial charge in [-0.05, 0) is 38.1 Å². The van der Waals surface area contributed by atoms with E-state index in [0.29, 0.717) is 11.5 Å². The molecule has 0 saturated carbocycles. The van der Waals surface area contributed by atoms with Crippen LogP contribution in [0.2, 0.25) is 0 Å². The van der Waals surface area contributed by atoms with Gasteiger partial charge in [0.15, 0.2) is 15.6 Å². The summed E-state index contributed by atoms with van der Waals surface area (Å²) in [5, 5.41) is 3.93. The zero-order valence-corrected chi connectivity index (χ0v) is 15.8. The van der Waals surface area contributed by atoms with Crippen molar-refractivity contribution in [3.8, 4) is 0 Å². The molecule has 0 unspecified atom stereocenters. The first-order valence-electron chi connectivity index (χ1n) is 7.85. The number of carbonyl (C=O) groups is 1. The van der Waals surface area contributed by atoms with Crippen LogP contribution in [-0.2, 0) is 26.5 Å². The second-order valence-electron chi connectivity index (χ2n) is 7.50. The molecule has 5 nitrogen and oxygen atoms in total. The number of benzene rings is 1. The van der Waals surface area contributed by atoms with E-state index in [1.165, 1.54) is 13.8 Å². The fraction of sp³-hybridized carbons (Fsp3) is 0.444. The Bertz CT molecular complexity index is 875. The zero-order valence-electron chi connectivity index (χ0n) is 15.0. The molecule has 0 aliphatic carbocycles. The highest BCUT2D eigenvalue weighted by atomic mass is 32.2. The van der Waals surface area contributed by atoms with E-state index in [1.54, 1.807) is 6.07 Å². The normalized spacial score (nSPS) is 13.0. The molecule has 0 atom stereocenters. The quantitative estimate of drug-likeness (QED) is 0.756. The molecule has 136 valence electrons. The molecular formula is C18H22FNO4S. The van der Waals surface area contributed by atoms with E-state index < -0.39 is 26.2 Å². The van der Waals surface area contributed by atoms with Crippen LogP contribution in [0.3, 0.4) is 0 Å². The first-order valence-corrected chi connectivity index (χ1v) is 9.33. The molecule has 0 spiro atoms. The van der Waals surface area contributed by atoms with E-state index in [-0.39, 0.29) is 16.7 Å². The highest BCUT2D eigenvalue weighted by Gasteiger charge is 2.42. The highest BCUT2D eigenvalue weighted by molar-refractivity contribution is 7.93. The smallest absolute Gasteiger partial charge is 0.190 e. The third kappa shape index (κ3) is 3.81. The number of hydrogen-bond acceptors (Lipinski definition) is 5. The van der Waals surface area contributed by atoms with Crippen LogP contribution in [0.15, 0.2) is 39.8 Å². The van der Waals surface area contributed by atoms with Gasteiger partial charge < -0.3 is 4.52 Å². The van der Waals surface area contributed by atoms with Crippen molar-refractivity contribution >= 4 is 15.6 Å². The van der Waals surface area contributed by atoms with Crippen molar-refractivity contribution in [1.82, 2.24) is 5.16 Å². The fourth-order valence-corrected chi connectivity index (χ4v) is 3.63. The minimum atomic E-state index is -3.97. The second kappa shape index (κ2) is 6.37. The first kappa shape index (κ1) is 19.3. The molecule has 2 aromatic rings. The second-order valence-corrected chi connectivity index (χ2v) is 9.99. The van der Waals surface area contributed by atoms with E-state index in [1.807, 2.05) is 20.8 Å². The molecule has 7 heteroatoms. The third-order valence-electron chi connectivity index (χ3n) is 4.13. The van der Waals surface area contributed by atoms with Gasteiger partial charge in [0.05, 0.1) is 17.0 Å². The Morgan fingerprint density at radius 3 is 2.16 bits per heavy atom. The topological polar surface area (TPSA) is 77.2 Å². The predicted molar refractivity (Wildman–Crippen MR) is 91.6 cm³/mol. The Kier molecular flexibility index (Phi) is 4.92. The number of ketones is 1. The van der Waals surface area contributed by atoms with Crippen LogP contribution >= 0.6 is 0 Å². The van der Waals surface area contributed by atoms with Gasteiger partial charge in [0.2, 0.25) is 0 Å². The van der Waals surface area contributed by atoms with Crippen molar-refractivity contribution in [3.63, 3.8) is 0 Å². The summed E-state index contributed by atoms with van der Waals surface area (Å²) in [7, 11) is -3.97. The molecule has 1 aromatic heterocycles. The molecule has 0 fully saturated rings. The standard InChI is InChI=1S/C18H22FNO4S/c1-17(2,3)15-10-13(24-20-15)11-16(21)18(4,5)25(22,23)14-8-6-12(19)7-9-14/h6-10H,11H2,1-5H3. The maximum atomic E-state index is 13.0. The van der Waals surface area contributed by atoms with Crippen molar-refractivity contribution in [1.29, 1.82) is 0 Å². The Labute approximate surface area is 147 Å². The molecule has 1 aromatic carbocycles. The maximum Gasteiger partial charge on any atom is 0.190 e. The summed E-state index contributed by atoms with van der Waals surface area (Å²) < 4.78 is 42.1. The number of aromatic nitrogens is 1. The van der Waals surface area contributed by atoms with E-state index >= 15 is 0 Å². The number of carbonyl (C=O) groups excluding carboxylic acids is 1. The van der Waals surface area contributed by atoms with E-state index in [0.717, 1.165) is 24.3 Å². The summed E-state index contributed by atoms with van der Waals surface area (Å²) in [5.41, 5.74) is 0.454. The molecule has 0 aliphatic heterocycles. The monoisotopic (exact) mass is 367 g/mol. The van der Waals surface area contributed by atoms with Crippen molar-refractivity contribution in [2.24, 2.45) is 0 Å². The number of hydrogen-bond donors (Lipinski definition) is 0. The lowest BCUT2D eigenvalue weighted by Crippen LogP contribution is -2.41. The van der Waals surface area contributed by atoms with Crippen molar-refractivity contribution in [3.05, 3.63) is 47.6 Å². The zero-order chi connectivity index (χ0) is 19.0. The van der Waals surface area contributed by atoms with Gasteiger partial charge in [0.25, 0.3) is 0 Å². The molecule has 0 N–H and O–H groups in total. The molecule has 2 rings (SSSR count). The number of rotatable bonds is 5. The van der Waals surface area contributed by atoms with Gasteiger partial charge in [0, 0.05) is 11.5 Å². The fourth-order valence-electron chi connectivity index (χ4n) is 2.18. The summed E-state index contributed by atoms with van der Waals surface area (Å²) in [6.07, 6.45) is -0.184. The molecule has 25 heavy (non-hydrogen) atoms. The minimum absolute atomic E-state index is 0.0970. The van der Waals surface area contributed by atoms with Crippen LogP contribution in [-0.4, -0.2) is 24.1 Å². The lowest BCUT2D eigenvalue weighted by molar-refractivity contribution is -0.120. The van der Waals surface area contributed by atoms with Crippen molar-refractivity contribution in [2.75, 3.05) is 0 Å². The Morgan fingerprint density at radius 2 is 1.68 bits per heavy atom. The number of halogens is 1. The predicted octanol–water partition coefficient (Wildman–Crippen LogP) is 3.48. The number of nitrogens with zero attached hydrogens (tertiary/aromatic N) is 1. The maximum absolute atomic E-state index is 13.0. The Morgan fingerprint density at radius 1 is 1.12 bits per heavy atom. The third-order valence-corrected chi connectivity index (χ3v) is 6.59. The minimum Gasteiger partial charge on any atom is -0.361 e. The van der Waals surface area contributed by atoms with Crippen LogP contribution in [0.5, 0.6) is 0 Å². The van der Waals surface area contributed by atoms with E-state index in [2.05, 4.69) is 5.16 Å². The molecular weight excluding hydrogens is 345 g/mol. The van der Waals surface area contributed by atoms with Gasteiger partial charge in [0.1, 0.15) is 16.3 Å². The summed E-state index contributed by atoms with van der Waals surface area (Å²) in [6, 6.07) is 6.09. The molecule has 0 bridgehead atoms. The van der Waals surface area contributed by atoms with Gasteiger partial charge in [-0.15, -0.1) is 0 Å². The average Bonchev–Trinajstić information content (AvgIpc) is 2.96. The highest BCUT2D eigenvalue weighted by Crippen LogP contribution is 2.28. The van der Waals surface area contributed by atoms with Gasteiger partial charge in [-0.2, -0.15) is 0 Å².